The average molecular weight is 257 g/mol. The molecule has 0 bridgehead atoms. The predicted molar refractivity (Wildman–Crippen MR) is 74.1 cm³/mol. The summed E-state index contributed by atoms with van der Waals surface area (Å²) in [4.78, 5) is 11.7. The SMILES string of the molecule is COC(=O)c1ccccc1Nc1ccccc1OC. The first-order valence-corrected chi connectivity index (χ1v) is 5.83. The summed E-state index contributed by atoms with van der Waals surface area (Å²) in [6.45, 7) is 0. The quantitative estimate of drug-likeness (QED) is 0.854. The summed E-state index contributed by atoms with van der Waals surface area (Å²) in [5.41, 5.74) is 1.95. The van der Waals surface area contributed by atoms with E-state index in [4.69, 9.17) is 9.47 Å². The number of rotatable bonds is 4. The van der Waals surface area contributed by atoms with Gasteiger partial charge >= 0.3 is 5.97 Å². The summed E-state index contributed by atoms with van der Waals surface area (Å²) in [5, 5.41) is 3.18. The normalized spacial score (nSPS) is 9.79. The molecule has 0 aliphatic rings. The lowest BCUT2D eigenvalue weighted by Crippen LogP contribution is -2.05. The highest BCUT2D eigenvalue weighted by molar-refractivity contribution is 5.96. The van der Waals surface area contributed by atoms with E-state index < -0.39 is 0 Å². The van der Waals surface area contributed by atoms with Crippen molar-refractivity contribution in [3.63, 3.8) is 0 Å². The Bertz CT molecular complexity index is 581. The maximum Gasteiger partial charge on any atom is 0.339 e. The zero-order valence-electron chi connectivity index (χ0n) is 10.8. The van der Waals surface area contributed by atoms with Crippen molar-refractivity contribution in [2.45, 2.75) is 0 Å². The first-order valence-electron chi connectivity index (χ1n) is 5.83. The molecular weight excluding hydrogens is 242 g/mol. The molecule has 0 fully saturated rings. The molecule has 98 valence electrons. The van der Waals surface area contributed by atoms with E-state index in [9.17, 15) is 4.79 Å². The Balaban J connectivity index is 2.36. The van der Waals surface area contributed by atoms with Gasteiger partial charge in [-0.3, -0.25) is 0 Å². The number of benzene rings is 2. The van der Waals surface area contributed by atoms with Gasteiger partial charge in [-0.2, -0.15) is 0 Å². The number of ether oxygens (including phenoxy) is 2. The number of hydrogen-bond donors (Lipinski definition) is 1. The summed E-state index contributed by atoms with van der Waals surface area (Å²) < 4.78 is 10.0. The third kappa shape index (κ3) is 2.85. The number of para-hydroxylation sites is 3. The maximum atomic E-state index is 11.7. The lowest BCUT2D eigenvalue weighted by molar-refractivity contribution is 0.0602. The van der Waals surface area contributed by atoms with Crippen LogP contribution >= 0.6 is 0 Å². The number of carbonyl (C=O) groups excluding carboxylic acids is 1. The van der Waals surface area contributed by atoms with Crippen LogP contribution in [0.15, 0.2) is 48.5 Å². The van der Waals surface area contributed by atoms with E-state index in [2.05, 4.69) is 5.32 Å². The van der Waals surface area contributed by atoms with Crippen LogP contribution in [0.5, 0.6) is 5.75 Å². The van der Waals surface area contributed by atoms with Crippen LogP contribution in [0.3, 0.4) is 0 Å². The molecule has 19 heavy (non-hydrogen) atoms. The fraction of sp³-hybridized carbons (Fsp3) is 0.133. The lowest BCUT2D eigenvalue weighted by Gasteiger charge is -2.13. The maximum absolute atomic E-state index is 11.7. The minimum Gasteiger partial charge on any atom is -0.495 e. The molecule has 0 spiro atoms. The van der Waals surface area contributed by atoms with E-state index in [0.717, 1.165) is 5.69 Å². The Morgan fingerprint density at radius 1 is 0.947 bits per heavy atom. The molecule has 2 aromatic rings. The molecule has 0 amide bonds. The van der Waals surface area contributed by atoms with Crippen molar-refractivity contribution < 1.29 is 14.3 Å². The van der Waals surface area contributed by atoms with Crippen LogP contribution in [-0.4, -0.2) is 20.2 Å². The van der Waals surface area contributed by atoms with Crippen LogP contribution in [0.1, 0.15) is 10.4 Å². The number of nitrogens with one attached hydrogen (secondary N) is 1. The number of anilines is 2. The topological polar surface area (TPSA) is 47.6 Å². The minimum atomic E-state index is -0.377. The van der Waals surface area contributed by atoms with Gasteiger partial charge in [-0.15, -0.1) is 0 Å². The number of hydrogen-bond acceptors (Lipinski definition) is 4. The molecule has 1 N–H and O–H groups in total. The smallest absolute Gasteiger partial charge is 0.339 e. The molecular formula is C15H15NO3. The zero-order chi connectivity index (χ0) is 13.7. The minimum absolute atomic E-state index is 0.377. The molecule has 4 heteroatoms. The van der Waals surface area contributed by atoms with Crippen molar-refractivity contribution in [3.05, 3.63) is 54.1 Å². The molecule has 0 saturated carbocycles. The highest BCUT2D eigenvalue weighted by atomic mass is 16.5. The van der Waals surface area contributed by atoms with Gasteiger partial charge in [0.25, 0.3) is 0 Å². The van der Waals surface area contributed by atoms with E-state index in [1.54, 1.807) is 19.2 Å². The van der Waals surface area contributed by atoms with E-state index in [1.165, 1.54) is 7.11 Å². The van der Waals surface area contributed by atoms with E-state index in [-0.39, 0.29) is 5.97 Å². The Morgan fingerprint density at radius 3 is 2.26 bits per heavy atom. The van der Waals surface area contributed by atoms with Gasteiger partial charge in [0.2, 0.25) is 0 Å². The average Bonchev–Trinajstić information content (AvgIpc) is 2.47. The summed E-state index contributed by atoms with van der Waals surface area (Å²) in [6, 6.07) is 14.7. The molecule has 0 unspecified atom stereocenters. The van der Waals surface area contributed by atoms with E-state index >= 15 is 0 Å². The third-order valence-electron chi connectivity index (χ3n) is 2.71. The molecule has 0 saturated heterocycles. The number of carbonyl (C=O) groups is 1. The number of methoxy groups -OCH3 is 2. The Kier molecular flexibility index (Phi) is 4.03. The molecule has 0 radical (unpaired) electrons. The molecule has 0 heterocycles. The third-order valence-corrected chi connectivity index (χ3v) is 2.71. The van der Waals surface area contributed by atoms with Crippen molar-refractivity contribution in [1.82, 2.24) is 0 Å². The van der Waals surface area contributed by atoms with Crippen molar-refractivity contribution in [2.75, 3.05) is 19.5 Å². The second-order valence-electron chi connectivity index (χ2n) is 3.86. The van der Waals surface area contributed by atoms with Crippen molar-refractivity contribution in [1.29, 1.82) is 0 Å². The molecule has 2 aromatic carbocycles. The van der Waals surface area contributed by atoms with Gasteiger partial charge in [0.1, 0.15) is 5.75 Å². The van der Waals surface area contributed by atoms with Crippen LogP contribution in [0.2, 0.25) is 0 Å². The predicted octanol–water partition coefficient (Wildman–Crippen LogP) is 3.23. The Morgan fingerprint density at radius 2 is 1.58 bits per heavy atom. The highest BCUT2D eigenvalue weighted by Crippen LogP contribution is 2.28. The zero-order valence-corrected chi connectivity index (χ0v) is 10.8. The summed E-state index contributed by atoms with van der Waals surface area (Å²) in [5.74, 6) is 0.333. The first kappa shape index (κ1) is 13.0. The summed E-state index contributed by atoms with van der Waals surface area (Å²) >= 11 is 0. The van der Waals surface area contributed by atoms with Crippen molar-refractivity contribution in [3.8, 4) is 5.75 Å². The van der Waals surface area contributed by atoms with Crippen LogP contribution in [0.4, 0.5) is 11.4 Å². The van der Waals surface area contributed by atoms with Gasteiger partial charge in [0.05, 0.1) is 31.2 Å². The van der Waals surface area contributed by atoms with Crippen LogP contribution in [0.25, 0.3) is 0 Å². The largest absolute Gasteiger partial charge is 0.495 e. The van der Waals surface area contributed by atoms with Crippen molar-refractivity contribution >= 4 is 17.3 Å². The van der Waals surface area contributed by atoms with Gasteiger partial charge in [-0.1, -0.05) is 24.3 Å². The number of esters is 1. The summed E-state index contributed by atoms with van der Waals surface area (Å²) in [6.07, 6.45) is 0. The van der Waals surface area contributed by atoms with Gasteiger partial charge in [-0.05, 0) is 24.3 Å². The van der Waals surface area contributed by atoms with E-state index in [1.807, 2.05) is 36.4 Å². The lowest BCUT2D eigenvalue weighted by atomic mass is 10.1. The molecule has 4 nitrogen and oxygen atoms in total. The monoisotopic (exact) mass is 257 g/mol. The summed E-state index contributed by atoms with van der Waals surface area (Å²) in [7, 11) is 2.97. The van der Waals surface area contributed by atoms with Crippen molar-refractivity contribution in [2.24, 2.45) is 0 Å². The Labute approximate surface area is 112 Å². The van der Waals surface area contributed by atoms with Gasteiger partial charge < -0.3 is 14.8 Å². The standard InChI is InChI=1S/C15H15NO3/c1-18-14-10-6-5-9-13(14)16-12-8-4-3-7-11(12)15(17)19-2/h3-10,16H,1-2H3. The fourth-order valence-corrected chi connectivity index (χ4v) is 1.77. The second-order valence-corrected chi connectivity index (χ2v) is 3.86. The first-order chi connectivity index (χ1) is 9.26. The van der Waals surface area contributed by atoms with Crippen LogP contribution < -0.4 is 10.1 Å². The Hall–Kier alpha value is -2.49. The fourth-order valence-electron chi connectivity index (χ4n) is 1.77. The van der Waals surface area contributed by atoms with E-state index in [0.29, 0.717) is 17.0 Å². The molecule has 0 aromatic heterocycles. The van der Waals surface area contributed by atoms with Gasteiger partial charge in [0.15, 0.2) is 0 Å². The van der Waals surface area contributed by atoms with Crippen LogP contribution in [-0.2, 0) is 4.74 Å². The van der Waals surface area contributed by atoms with Crippen LogP contribution in [0, 0.1) is 0 Å². The second kappa shape index (κ2) is 5.91. The molecule has 0 aliphatic carbocycles. The molecule has 0 aliphatic heterocycles. The highest BCUT2D eigenvalue weighted by Gasteiger charge is 2.12. The molecule has 0 atom stereocenters. The van der Waals surface area contributed by atoms with Gasteiger partial charge in [0, 0.05) is 0 Å². The van der Waals surface area contributed by atoms with Gasteiger partial charge in [-0.25, -0.2) is 4.79 Å². The molecule has 2 rings (SSSR count).